The number of ether oxygens (including phenoxy) is 1. The Morgan fingerprint density at radius 2 is 2.09 bits per heavy atom. The van der Waals surface area contributed by atoms with Crippen molar-refractivity contribution in [2.45, 2.75) is 12.8 Å². The maximum Gasteiger partial charge on any atom is 0.305 e. The van der Waals surface area contributed by atoms with Gasteiger partial charge in [0.15, 0.2) is 0 Å². The molecule has 0 saturated carbocycles. The van der Waals surface area contributed by atoms with Gasteiger partial charge in [-0.2, -0.15) is 8.42 Å². The topological polar surface area (TPSA) is 80.7 Å². The molecule has 1 N–H and O–H groups in total. The standard InChI is InChI=1S/C5H10O5S/c1-10-5(6)3-2-4-11(7,8)9/h2-4H2,1H3,(H,7,8,9). The molecule has 0 rings (SSSR count). The van der Waals surface area contributed by atoms with Crippen molar-refractivity contribution < 1.29 is 22.5 Å². The maximum absolute atomic E-state index is 10.4. The lowest BCUT2D eigenvalue weighted by Gasteiger charge is -1.96. The number of methoxy groups -OCH3 is 1. The molecule has 11 heavy (non-hydrogen) atoms. The molecule has 0 amide bonds. The van der Waals surface area contributed by atoms with Gasteiger partial charge in [0.1, 0.15) is 0 Å². The minimum atomic E-state index is -3.94. The minimum absolute atomic E-state index is 0.0102. The summed E-state index contributed by atoms with van der Waals surface area (Å²) < 4.78 is 32.7. The van der Waals surface area contributed by atoms with Gasteiger partial charge in [-0.05, 0) is 6.42 Å². The summed E-state index contributed by atoms with van der Waals surface area (Å²) in [4.78, 5) is 10.4. The van der Waals surface area contributed by atoms with Crippen LogP contribution in [0.4, 0.5) is 0 Å². The zero-order valence-corrected chi connectivity index (χ0v) is 6.93. The fourth-order valence-electron chi connectivity index (χ4n) is 0.501. The average molecular weight is 182 g/mol. The Hall–Kier alpha value is -0.620. The number of carbonyl (C=O) groups excluding carboxylic acids is 1. The second-order valence-corrected chi connectivity index (χ2v) is 3.54. The predicted molar refractivity (Wildman–Crippen MR) is 37.7 cm³/mol. The van der Waals surface area contributed by atoms with Gasteiger partial charge in [0.2, 0.25) is 0 Å². The summed E-state index contributed by atoms with van der Waals surface area (Å²) in [6.45, 7) is 0. The third-order valence-corrected chi connectivity index (χ3v) is 1.82. The lowest BCUT2D eigenvalue weighted by Crippen LogP contribution is -2.07. The van der Waals surface area contributed by atoms with E-state index in [4.69, 9.17) is 4.55 Å². The van der Waals surface area contributed by atoms with Crippen LogP contribution < -0.4 is 0 Å². The normalized spacial score (nSPS) is 11.1. The largest absolute Gasteiger partial charge is 0.469 e. The molecule has 66 valence electrons. The van der Waals surface area contributed by atoms with Crippen LogP contribution in [0.5, 0.6) is 0 Å². The predicted octanol–water partition coefficient (Wildman–Crippen LogP) is -0.173. The maximum atomic E-state index is 10.4. The summed E-state index contributed by atoms with van der Waals surface area (Å²) >= 11 is 0. The number of esters is 1. The second kappa shape index (κ2) is 4.30. The number of carbonyl (C=O) groups is 1. The van der Waals surface area contributed by atoms with Crippen LogP contribution in [0.3, 0.4) is 0 Å². The molecule has 0 spiro atoms. The SMILES string of the molecule is COC(=O)CCCS(=O)(=O)O. The summed E-state index contributed by atoms with van der Waals surface area (Å²) in [6, 6.07) is 0. The molecule has 0 saturated heterocycles. The third-order valence-electron chi connectivity index (χ3n) is 1.01. The first kappa shape index (κ1) is 10.4. The molecular formula is C5H10O5S. The smallest absolute Gasteiger partial charge is 0.305 e. The van der Waals surface area contributed by atoms with Gasteiger partial charge in [-0.1, -0.05) is 0 Å². The zero-order valence-electron chi connectivity index (χ0n) is 6.11. The van der Waals surface area contributed by atoms with Gasteiger partial charge in [-0.3, -0.25) is 9.35 Å². The van der Waals surface area contributed by atoms with Crippen molar-refractivity contribution in [2.24, 2.45) is 0 Å². The van der Waals surface area contributed by atoms with Crippen molar-refractivity contribution >= 4 is 16.1 Å². The molecule has 0 aromatic heterocycles. The van der Waals surface area contributed by atoms with Crippen LogP contribution in [0.15, 0.2) is 0 Å². The van der Waals surface area contributed by atoms with Crippen LogP contribution in [0.2, 0.25) is 0 Å². The molecule has 0 radical (unpaired) electrons. The summed E-state index contributed by atoms with van der Waals surface area (Å²) in [7, 11) is -2.72. The Labute approximate surface area is 65.1 Å². The molecule has 0 aromatic carbocycles. The van der Waals surface area contributed by atoms with Crippen LogP contribution >= 0.6 is 0 Å². The lowest BCUT2D eigenvalue weighted by atomic mass is 10.3. The minimum Gasteiger partial charge on any atom is -0.469 e. The summed E-state index contributed by atoms with van der Waals surface area (Å²) in [5.41, 5.74) is 0. The lowest BCUT2D eigenvalue weighted by molar-refractivity contribution is -0.140. The Bertz CT molecular complexity index is 217. The second-order valence-electron chi connectivity index (χ2n) is 1.97. The van der Waals surface area contributed by atoms with Gasteiger partial charge in [0, 0.05) is 6.42 Å². The van der Waals surface area contributed by atoms with Crippen molar-refractivity contribution in [2.75, 3.05) is 12.9 Å². The molecule has 0 fully saturated rings. The Morgan fingerprint density at radius 1 is 1.55 bits per heavy atom. The fourth-order valence-corrected chi connectivity index (χ4v) is 1.01. The monoisotopic (exact) mass is 182 g/mol. The molecule has 0 aliphatic rings. The van der Waals surface area contributed by atoms with E-state index in [0.29, 0.717) is 0 Å². The molecular weight excluding hydrogens is 172 g/mol. The molecule has 0 aliphatic heterocycles. The first-order valence-corrected chi connectivity index (χ1v) is 4.58. The molecule has 6 heteroatoms. The first-order valence-electron chi connectivity index (χ1n) is 2.97. The average Bonchev–Trinajstić information content (AvgIpc) is 1.85. The van der Waals surface area contributed by atoms with Crippen molar-refractivity contribution in [1.29, 1.82) is 0 Å². The summed E-state index contributed by atoms with van der Waals surface area (Å²) in [5.74, 6) is -0.879. The fraction of sp³-hybridized carbons (Fsp3) is 0.800. The van der Waals surface area contributed by atoms with Crippen LogP contribution in [0.1, 0.15) is 12.8 Å². The van der Waals surface area contributed by atoms with E-state index in [1.165, 1.54) is 7.11 Å². The molecule has 0 aromatic rings. The van der Waals surface area contributed by atoms with Gasteiger partial charge in [-0.25, -0.2) is 0 Å². The van der Waals surface area contributed by atoms with Crippen LogP contribution in [0.25, 0.3) is 0 Å². The molecule has 0 heterocycles. The Balaban J connectivity index is 3.51. The van der Waals surface area contributed by atoms with Gasteiger partial charge in [-0.15, -0.1) is 0 Å². The van der Waals surface area contributed by atoms with Crippen LogP contribution in [-0.2, 0) is 19.6 Å². The molecule has 0 bridgehead atoms. The van der Waals surface area contributed by atoms with Gasteiger partial charge < -0.3 is 4.74 Å². The van der Waals surface area contributed by atoms with Crippen molar-refractivity contribution in [3.05, 3.63) is 0 Å². The van der Waals surface area contributed by atoms with E-state index in [0.717, 1.165) is 0 Å². The van der Waals surface area contributed by atoms with Crippen molar-refractivity contribution in [3.63, 3.8) is 0 Å². The van der Waals surface area contributed by atoms with E-state index in [1.807, 2.05) is 0 Å². The van der Waals surface area contributed by atoms with E-state index in [9.17, 15) is 13.2 Å². The highest BCUT2D eigenvalue weighted by Gasteiger charge is 2.06. The first-order chi connectivity index (χ1) is 4.95. The van der Waals surface area contributed by atoms with E-state index in [-0.39, 0.29) is 12.8 Å². The Morgan fingerprint density at radius 3 is 2.45 bits per heavy atom. The zero-order chi connectivity index (χ0) is 8.91. The van der Waals surface area contributed by atoms with E-state index in [1.54, 1.807) is 0 Å². The number of hydrogen-bond donors (Lipinski definition) is 1. The highest BCUT2D eigenvalue weighted by molar-refractivity contribution is 7.85. The molecule has 0 aliphatic carbocycles. The number of hydrogen-bond acceptors (Lipinski definition) is 4. The van der Waals surface area contributed by atoms with Gasteiger partial charge in [0.25, 0.3) is 10.1 Å². The van der Waals surface area contributed by atoms with E-state index < -0.39 is 21.8 Å². The van der Waals surface area contributed by atoms with Crippen LogP contribution in [-0.4, -0.2) is 31.8 Å². The molecule has 0 unspecified atom stereocenters. The van der Waals surface area contributed by atoms with Gasteiger partial charge in [0.05, 0.1) is 12.9 Å². The Kier molecular flexibility index (Phi) is 4.06. The third kappa shape index (κ3) is 7.27. The highest BCUT2D eigenvalue weighted by atomic mass is 32.2. The number of rotatable bonds is 4. The summed E-state index contributed by atoms with van der Waals surface area (Å²) in [5, 5.41) is 0. The summed E-state index contributed by atoms with van der Waals surface area (Å²) in [6.07, 6.45) is 0.0990. The van der Waals surface area contributed by atoms with Crippen molar-refractivity contribution in [1.82, 2.24) is 0 Å². The highest BCUT2D eigenvalue weighted by Crippen LogP contribution is 1.95. The van der Waals surface area contributed by atoms with E-state index in [2.05, 4.69) is 4.74 Å². The van der Waals surface area contributed by atoms with E-state index >= 15 is 0 Å². The van der Waals surface area contributed by atoms with Crippen molar-refractivity contribution in [3.8, 4) is 0 Å². The molecule has 5 nitrogen and oxygen atoms in total. The van der Waals surface area contributed by atoms with Crippen LogP contribution in [0, 0.1) is 0 Å². The quantitative estimate of drug-likeness (QED) is 0.482. The van der Waals surface area contributed by atoms with Gasteiger partial charge >= 0.3 is 5.97 Å². The molecule has 0 atom stereocenters.